The van der Waals surface area contributed by atoms with Crippen molar-refractivity contribution >= 4 is 38.9 Å². The van der Waals surface area contributed by atoms with Gasteiger partial charge in [0, 0.05) is 24.3 Å². The molecule has 0 fully saturated rings. The van der Waals surface area contributed by atoms with Gasteiger partial charge in [-0.25, -0.2) is 22.4 Å². The molecule has 0 bridgehead atoms. The van der Waals surface area contributed by atoms with E-state index in [1.165, 1.54) is 18.4 Å². The lowest BCUT2D eigenvalue weighted by Gasteiger charge is -2.33. The summed E-state index contributed by atoms with van der Waals surface area (Å²) < 4.78 is 27.7. The molecule has 1 aliphatic heterocycles. The van der Waals surface area contributed by atoms with E-state index in [0.717, 1.165) is 20.4 Å². The Morgan fingerprint density at radius 2 is 2.07 bits per heavy atom. The lowest BCUT2D eigenvalue weighted by Crippen LogP contribution is -2.50. The first-order chi connectivity index (χ1) is 13.2. The van der Waals surface area contributed by atoms with E-state index in [4.69, 9.17) is 17.3 Å². The highest BCUT2D eigenvalue weighted by molar-refractivity contribution is 7.89. The van der Waals surface area contributed by atoms with Gasteiger partial charge in [0.2, 0.25) is 16.0 Å². The summed E-state index contributed by atoms with van der Waals surface area (Å²) in [5.74, 6) is -0.232. The van der Waals surface area contributed by atoms with E-state index < -0.39 is 15.6 Å². The Bertz CT molecular complexity index is 1170. The first-order valence-electron chi connectivity index (χ1n) is 8.42. The van der Waals surface area contributed by atoms with Gasteiger partial charge in [-0.1, -0.05) is 23.7 Å². The normalized spacial score (nSPS) is 21.5. The molecule has 7 nitrogen and oxygen atoms in total. The number of nitrogens with two attached hydrogens (primary N) is 1. The molecule has 0 saturated heterocycles. The smallest absolute Gasteiger partial charge is 0.239 e. The van der Waals surface area contributed by atoms with Gasteiger partial charge in [-0.05, 0) is 36.8 Å². The number of rotatable bonds is 3. The maximum Gasteiger partial charge on any atom is 0.239 e. The Hall–Kier alpha value is -2.36. The summed E-state index contributed by atoms with van der Waals surface area (Å²) >= 11 is 7.93. The molecule has 0 spiro atoms. The standard InChI is InChI=1S/C18H18ClN5O2S2/c1-18(11-28(25,26)23(2)17(20)22-18)16-14(19)10-15(27-16)12-5-3-6-13(9-12)24-8-4-7-21-24/h3-10H,11H2,1-2H3,(H2,20,22). The van der Waals surface area contributed by atoms with E-state index in [9.17, 15) is 8.42 Å². The topological polar surface area (TPSA) is 93.6 Å². The van der Waals surface area contributed by atoms with Crippen LogP contribution in [-0.4, -0.2) is 41.3 Å². The summed E-state index contributed by atoms with van der Waals surface area (Å²) in [5.41, 5.74) is 6.71. The third kappa shape index (κ3) is 3.19. The highest BCUT2D eigenvalue weighted by Crippen LogP contribution is 2.44. The lowest BCUT2D eigenvalue weighted by atomic mass is 10.0. The molecule has 146 valence electrons. The zero-order chi connectivity index (χ0) is 20.1. The van der Waals surface area contributed by atoms with Crippen LogP contribution >= 0.6 is 22.9 Å². The maximum atomic E-state index is 12.5. The number of nitrogens with zero attached hydrogens (tertiary/aromatic N) is 4. The largest absolute Gasteiger partial charge is 0.369 e. The van der Waals surface area contributed by atoms with Crippen LogP contribution in [0.15, 0.2) is 53.8 Å². The fourth-order valence-corrected chi connectivity index (χ4v) is 6.33. The Morgan fingerprint density at radius 1 is 1.29 bits per heavy atom. The van der Waals surface area contributed by atoms with E-state index in [-0.39, 0.29) is 11.7 Å². The summed E-state index contributed by atoms with van der Waals surface area (Å²) in [7, 11) is -2.16. The van der Waals surface area contributed by atoms with Gasteiger partial charge in [0.05, 0.1) is 21.3 Å². The molecule has 1 unspecified atom stereocenters. The van der Waals surface area contributed by atoms with E-state index in [1.807, 2.05) is 42.6 Å². The molecule has 1 atom stereocenters. The second-order valence-electron chi connectivity index (χ2n) is 6.76. The SMILES string of the molecule is CN1C(N)=NC(C)(c2sc(-c3cccc(-n4cccn4)c3)cc2Cl)CS1(=O)=O. The number of hydrogen-bond acceptors (Lipinski definition) is 6. The van der Waals surface area contributed by atoms with Crippen LogP contribution in [0.5, 0.6) is 0 Å². The number of benzene rings is 1. The maximum absolute atomic E-state index is 12.5. The van der Waals surface area contributed by atoms with Crippen molar-refractivity contribution in [3.05, 3.63) is 58.7 Å². The predicted molar refractivity (Wildman–Crippen MR) is 112 cm³/mol. The number of guanidine groups is 1. The van der Waals surface area contributed by atoms with Crippen LogP contribution in [-0.2, 0) is 15.6 Å². The Morgan fingerprint density at radius 3 is 2.75 bits per heavy atom. The van der Waals surface area contributed by atoms with Gasteiger partial charge in [0.15, 0.2) is 0 Å². The van der Waals surface area contributed by atoms with Crippen LogP contribution in [0, 0.1) is 0 Å². The van der Waals surface area contributed by atoms with Crippen molar-refractivity contribution in [1.29, 1.82) is 0 Å². The molecular weight excluding hydrogens is 418 g/mol. The summed E-state index contributed by atoms with van der Waals surface area (Å²) in [6.07, 6.45) is 3.59. The second-order valence-corrected chi connectivity index (χ2v) is 10.2. The Balaban J connectivity index is 1.77. The molecule has 0 amide bonds. The van der Waals surface area contributed by atoms with Crippen molar-refractivity contribution in [3.63, 3.8) is 0 Å². The molecule has 3 aromatic rings. The van der Waals surface area contributed by atoms with E-state index in [2.05, 4.69) is 10.1 Å². The third-order valence-corrected chi connectivity index (χ3v) is 8.44. The molecule has 10 heteroatoms. The molecular formula is C18H18ClN5O2S2. The van der Waals surface area contributed by atoms with Gasteiger partial charge in [-0.2, -0.15) is 5.10 Å². The fourth-order valence-electron chi connectivity index (χ4n) is 3.17. The highest BCUT2D eigenvalue weighted by Gasteiger charge is 2.42. The van der Waals surface area contributed by atoms with Crippen molar-refractivity contribution in [1.82, 2.24) is 14.1 Å². The number of sulfonamides is 1. The highest BCUT2D eigenvalue weighted by atomic mass is 35.5. The van der Waals surface area contributed by atoms with Crippen molar-refractivity contribution < 1.29 is 8.42 Å². The molecule has 4 rings (SSSR count). The van der Waals surface area contributed by atoms with Crippen LogP contribution in [0.4, 0.5) is 0 Å². The Kier molecular flexibility index (Phi) is 4.48. The van der Waals surface area contributed by atoms with Gasteiger partial charge >= 0.3 is 0 Å². The minimum atomic E-state index is -3.56. The van der Waals surface area contributed by atoms with Crippen LogP contribution in [0.3, 0.4) is 0 Å². The molecule has 2 aromatic heterocycles. The number of hydrogen-bond donors (Lipinski definition) is 1. The number of thiophene rings is 1. The fraction of sp³-hybridized carbons (Fsp3) is 0.222. The van der Waals surface area contributed by atoms with Crippen LogP contribution in [0.1, 0.15) is 11.8 Å². The van der Waals surface area contributed by atoms with E-state index in [1.54, 1.807) is 17.8 Å². The first-order valence-corrected chi connectivity index (χ1v) is 11.2. The first kappa shape index (κ1) is 19.0. The number of aromatic nitrogens is 2. The molecule has 0 saturated carbocycles. The average molecular weight is 436 g/mol. The van der Waals surface area contributed by atoms with Gasteiger partial charge in [-0.3, -0.25) is 0 Å². The van der Waals surface area contributed by atoms with Crippen LogP contribution in [0.25, 0.3) is 16.1 Å². The average Bonchev–Trinajstić information content (AvgIpc) is 3.29. The minimum absolute atomic E-state index is 0.0413. The summed E-state index contributed by atoms with van der Waals surface area (Å²) in [6, 6.07) is 11.6. The molecule has 3 heterocycles. The van der Waals surface area contributed by atoms with Crippen molar-refractivity contribution in [2.75, 3.05) is 12.8 Å². The van der Waals surface area contributed by atoms with Gasteiger partial charge in [0.25, 0.3) is 0 Å². The van der Waals surface area contributed by atoms with Gasteiger partial charge in [0.1, 0.15) is 5.54 Å². The van der Waals surface area contributed by atoms with Crippen molar-refractivity contribution in [3.8, 4) is 16.1 Å². The zero-order valence-corrected chi connectivity index (χ0v) is 17.6. The third-order valence-electron chi connectivity index (χ3n) is 4.64. The van der Waals surface area contributed by atoms with E-state index >= 15 is 0 Å². The monoisotopic (exact) mass is 435 g/mol. The quantitative estimate of drug-likeness (QED) is 0.684. The second kappa shape index (κ2) is 6.61. The Labute approximate surface area is 172 Å². The molecule has 0 radical (unpaired) electrons. The lowest BCUT2D eigenvalue weighted by molar-refractivity contribution is 0.482. The van der Waals surface area contributed by atoms with Gasteiger partial charge in [-0.15, -0.1) is 11.3 Å². The van der Waals surface area contributed by atoms with Crippen LogP contribution in [0.2, 0.25) is 5.02 Å². The summed E-state index contributed by atoms with van der Waals surface area (Å²) in [4.78, 5) is 6.03. The predicted octanol–water partition coefficient (Wildman–Crippen LogP) is 3.06. The van der Waals surface area contributed by atoms with Gasteiger partial charge < -0.3 is 5.73 Å². The van der Waals surface area contributed by atoms with Crippen molar-refractivity contribution in [2.24, 2.45) is 10.7 Å². The summed E-state index contributed by atoms with van der Waals surface area (Å²) in [6.45, 7) is 1.74. The number of aliphatic imine (C=N–C) groups is 1. The molecule has 1 aromatic carbocycles. The molecule has 0 aliphatic carbocycles. The van der Waals surface area contributed by atoms with E-state index in [0.29, 0.717) is 9.90 Å². The minimum Gasteiger partial charge on any atom is -0.369 e. The van der Waals surface area contributed by atoms with Crippen molar-refractivity contribution in [2.45, 2.75) is 12.5 Å². The molecule has 2 N–H and O–H groups in total. The zero-order valence-electron chi connectivity index (χ0n) is 15.2. The molecule has 1 aliphatic rings. The molecule has 28 heavy (non-hydrogen) atoms. The van der Waals surface area contributed by atoms with Crippen LogP contribution < -0.4 is 5.73 Å². The summed E-state index contributed by atoms with van der Waals surface area (Å²) in [5, 5.41) is 4.73. The number of halogens is 1.